The van der Waals surface area contributed by atoms with E-state index in [9.17, 15) is 0 Å². The molecule has 2 aromatic carbocycles. The highest BCUT2D eigenvalue weighted by atomic mass is 16.7. The summed E-state index contributed by atoms with van der Waals surface area (Å²) in [6, 6.07) is 16.2. The predicted molar refractivity (Wildman–Crippen MR) is 81.8 cm³/mol. The van der Waals surface area contributed by atoms with E-state index in [4.69, 9.17) is 9.57 Å². The maximum absolute atomic E-state index is 5.91. The molecular weight excluding hydrogens is 262 g/mol. The topological polar surface area (TPSA) is 30.8 Å². The van der Waals surface area contributed by atoms with Gasteiger partial charge in [-0.3, -0.25) is 0 Å². The SMILES string of the molecule is CC1=NO[C@]2(CCc3cc(Oc4ccccc4)ccc32)C1. The molecule has 2 aliphatic rings. The number of hydrogen-bond donors (Lipinski definition) is 0. The lowest BCUT2D eigenvalue weighted by molar-refractivity contribution is -0.0215. The van der Waals surface area contributed by atoms with Crippen molar-refractivity contribution in [3.63, 3.8) is 0 Å². The summed E-state index contributed by atoms with van der Waals surface area (Å²) >= 11 is 0. The van der Waals surface area contributed by atoms with Crippen LogP contribution >= 0.6 is 0 Å². The fourth-order valence-corrected chi connectivity index (χ4v) is 3.30. The molecule has 2 aromatic rings. The van der Waals surface area contributed by atoms with Gasteiger partial charge in [-0.2, -0.15) is 0 Å². The van der Waals surface area contributed by atoms with Crippen LogP contribution in [0.5, 0.6) is 11.5 Å². The summed E-state index contributed by atoms with van der Waals surface area (Å²) in [4.78, 5) is 5.75. The summed E-state index contributed by atoms with van der Waals surface area (Å²) in [7, 11) is 0. The zero-order valence-electron chi connectivity index (χ0n) is 12.0. The third kappa shape index (κ3) is 2.09. The Morgan fingerprint density at radius 3 is 2.71 bits per heavy atom. The molecule has 1 heterocycles. The second-order valence-electron chi connectivity index (χ2n) is 5.82. The van der Waals surface area contributed by atoms with Crippen molar-refractivity contribution in [3.05, 3.63) is 59.7 Å². The number of benzene rings is 2. The van der Waals surface area contributed by atoms with Crippen LogP contribution in [0.4, 0.5) is 0 Å². The molecule has 0 amide bonds. The number of oxime groups is 1. The summed E-state index contributed by atoms with van der Waals surface area (Å²) < 4.78 is 5.91. The number of rotatable bonds is 2. The van der Waals surface area contributed by atoms with Gasteiger partial charge >= 0.3 is 0 Å². The molecule has 106 valence electrons. The van der Waals surface area contributed by atoms with Crippen LogP contribution in [-0.4, -0.2) is 5.71 Å². The van der Waals surface area contributed by atoms with Crippen molar-refractivity contribution in [3.8, 4) is 11.5 Å². The number of aryl methyl sites for hydroxylation is 1. The van der Waals surface area contributed by atoms with Crippen LogP contribution in [0.2, 0.25) is 0 Å². The molecule has 4 rings (SSSR count). The van der Waals surface area contributed by atoms with E-state index in [-0.39, 0.29) is 5.60 Å². The number of hydrogen-bond acceptors (Lipinski definition) is 3. The Morgan fingerprint density at radius 2 is 1.95 bits per heavy atom. The standard InChI is InChI=1S/C18H17NO2/c1-13-12-18(21-19-13)10-9-14-11-16(7-8-17(14)18)20-15-5-3-2-4-6-15/h2-8,11H,9-10,12H2,1H3/t18-/m1/s1. The van der Waals surface area contributed by atoms with Gasteiger partial charge in [-0.15, -0.1) is 0 Å². The van der Waals surface area contributed by atoms with E-state index in [2.05, 4.69) is 17.3 Å². The Balaban J connectivity index is 1.62. The lowest BCUT2D eigenvalue weighted by Gasteiger charge is -2.22. The molecule has 0 aromatic heterocycles. The van der Waals surface area contributed by atoms with Crippen LogP contribution in [-0.2, 0) is 16.9 Å². The van der Waals surface area contributed by atoms with Crippen molar-refractivity contribution < 1.29 is 9.57 Å². The summed E-state index contributed by atoms with van der Waals surface area (Å²) in [5, 5.41) is 4.15. The van der Waals surface area contributed by atoms with Gasteiger partial charge in [0.2, 0.25) is 0 Å². The Bertz CT molecular complexity index is 708. The van der Waals surface area contributed by atoms with Gasteiger partial charge in [-0.25, -0.2) is 0 Å². The van der Waals surface area contributed by atoms with Crippen LogP contribution < -0.4 is 4.74 Å². The van der Waals surface area contributed by atoms with Crippen molar-refractivity contribution in [2.75, 3.05) is 0 Å². The third-order valence-corrected chi connectivity index (χ3v) is 4.26. The molecule has 0 fully saturated rings. The molecule has 0 unspecified atom stereocenters. The van der Waals surface area contributed by atoms with E-state index in [1.807, 2.05) is 43.3 Å². The van der Waals surface area contributed by atoms with E-state index < -0.39 is 0 Å². The van der Waals surface area contributed by atoms with Crippen LogP contribution in [0.3, 0.4) is 0 Å². The molecule has 0 N–H and O–H groups in total. The molecule has 21 heavy (non-hydrogen) atoms. The monoisotopic (exact) mass is 279 g/mol. The third-order valence-electron chi connectivity index (χ3n) is 4.26. The molecule has 0 radical (unpaired) electrons. The maximum atomic E-state index is 5.91. The molecule has 1 atom stereocenters. The summed E-state index contributed by atoms with van der Waals surface area (Å²) in [6.45, 7) is 2.03. The van der Waals surface area contributed by atoms with Crippen molar-refractivity contribution in [2.24, 2.45) is 5.16 Å². The molecule has 1 spiro atoms. The largest absolute Gasteiger partial charge is 0.457 e. The Morgan fingerprint density at radius 1 is 1.10 bits per heavy atom. The van der Waals surface area contributed by atoms with Gasteiger partial charge in [0.15, 0.2) is 5.60 Å². The average Bonchev–Trinajstić information content (AvgIpc) is 3.05. The molecule has 3 heteroatoms. The maximum Gasteiger partial charge on any atom is 0.168 e. The lowest BCUT2D eigenvalue weighted by atomic mass is 9.91. The Labute approximate surface area is 124 Å². The molecular formula is C18H17NO2. The second kappa shape index (κ2) is 4.62. The molecule has 1 aliphatic carbocycles. The number of fused-ring (bicyclic) bond motifs is 2. The number of para-hydroxylation sites is 1. The first-order valence-corrected chi connectivity index (χ1v) is 7.33. The van der Waals surface area contributed by atoms with E-state index in [0.29, 0.717) is 0 Å². The first kappa shape index (κ1) is 12.5. The summed E-state index contributed by atoms with van der Waals surface area (Å²) in [5.74, 6) is 1.74. The van der Waals surface area contributed by atoms with Crippen molar-refractivity contribution in [1.29, 1.82) is 0 Å². The van der Waals surface area contributed by atoms with Crippen molar-refractivity contribution >= 4 is 5.71 Å². The van der Waals surface area contributed by atoms with Gasteiger partial charge in [-0.05, 0) is 49.6 Å². The molecule has 1 aliphatic heterocycles. The number of ether oxygens (including phenoxy) is 1. The Kier molecular flexibility index (Phi) is 2.74. The molecule has 3 nitrogen and oxygen atoms in total. The van der Waals surface area contributed by atoms with E-state index in [1.54, 1.807) is 0 Å². The minimum Gasteiger partial charge on any atom is -0.457 e. The Hall–Kier alpha value is -2.29. The van der Waals surface area contributed by atoms with Gasteiger partial charge in [0, 0.05) is 12.0 Å². The number of nitrogens with zero attached hydrogens (tertiary/aromatic N) is 1. The van der Waals surface area contributed by atoms with E-state index in [1.165, 1.54) is 11.1 Å². The second-order valence-corrected chi connectivity index (χ2v) is 5.82. The minimum absolute atomic E-state index is 0.218. The van der Waals surface area contributed by atoms with Gasteiger partial charge in [-0.1, -0.05) is 29.4 Å². The lowest BCUT2D eigenvalue weighted by Crippen LogP contribution is -2.22. The minimum atomic E-state index is -0.218. The molecule has 0 saturated heterocycles. The average molecular weight is 279 g/mol. The molecule has 0 bridgehead atoms. The zero-order chi connectivity index (χ0) is 14.3. The highest BCUT2D eigenvalue weighted by Crippen LogP contribution is 2.46. The molecule has 0 saturated carbocycles. The van der Waals surface area contributed by atoms with Crippen molar-refractivity contribution in [2.45, 2.75) is 31.8 Å². The summed E-state index contributed by atoms with van der Waals surface area (Å²) in [6.07, 6.45) is 2.92. The predicted octanol–water partition coefficient (Wildman–Crippen LogP) is 4.42. The van der Waals surface area contributed by atoms with Crippen molar-refractivity contribution in [1.82, 2.24) is 0 Å². The van der Waals surface area contributed by atoms with Gasteiger partial charge in [0.05, 0.1) is 5.71 Å². The quantitative estimate of drug-likeness (QED) is 0.815. The normalized spacial score (nSPS) is 22.8. The van der Waals surface area contributed by atoms with Crippen LogP contribution in [0.15, 0.2) is 53.7 Å². The van der Waals surface area contributed by atoms with E-state index >= 15 is 0 Å². The first-order chi connectivity index (χ1) is 10.3. The smallest absolute Gasteiger partial charge is 0.168 e. The highest BCUT2D eigenvalue weighted by molar-refractivity contribution is 5.84. The fraction of sp³-hybridized carbons (Fsp3) is 0.278. The summed E-state index contributed by atoms with van der Waals surface area (Å²) in [5.41, 5.74) is 3.44. The van der Waals surface area contributed by atoms with Gasteiger partial charge < -0.3 is 9.57 Å². The van der Waals surface area contributed by atoms with Crippen LogP contribution in [0.25, 0.3) is 0 Å². The fourth-order valence-electron chi connectivity index (χ4n) is 3.30. The zero-order valence-corrected chi connectivity index (χ0v) is 12.0. The first-order valence-electron chi connectivity index (χ1n) is 7.33. The van der Waals surface area contributed by atoms with Crippen LogP contribution in [0.1, 0.15) is 30.9 Å². The van der Waals surface area contributed by atoms with Crippen LogP contribution in [0, 0.1) is 0 Å². The highest BCUT2D eigenvalue weighted by Gasteiger charge is 2.45. The van der Waals surface area contributed by atoms with Gasteiger partial charge in [0.1, 0.15) is 11.5 Å². The van der Waals surface area contributed by atoms with E-state index in [0.717, 1.165) is 36.5 Å². The van der Waals surface area contributed by atoms with Gasteiger partial charge in [0.25, 0.3) is 0 Å².